The maximum absolute atomic E-state index is 12.9. The molecule has 1 saturated heterocycles. The van der Waals surface area contributed by atoms with E-state index in [1.165, 1.54) is 12.1 Å². The van der Waals surface area contributed by atoms with Gasteiger partial charge in [-0.1, -0.05) is 30.4 Å². The first-order valence-electron chi connectivity index (χ1n) is 7.94. The lowest BCUT2D eigenvalue weighted by atomic mass is 9.88. The Morgan fingerprint density at radius 1 is 1.13 bits per heavy atom. The van der Waals surface area contributed by atoms with Crippen molar-refractivity contribution in [3.63, 3.8) is 0 Å². The third-order valence-electron chi connectivity index (χ3n) is 4.37. The van der Waals surface area contributed by atoms with Gasteiger partial charge in [-0.25, -0.2) is 4.39 Å². The van der Waals surface area contributed by atoms with Gasteiger partial charge >= 0.3 is 0 Å². The van der Waals surface area contributed by atoms with Crippen LogP contribution in [0.25, 0.3) is 6.08 Å². The van der Waals surface area contributed by atoms with E-state index < -0.39 is 5.60 Å². The molecule has 3 nitrogen and oxygen atoms in total. The molecule has 0 bridgehead atoms. The highest BCUT2D eigenvalue weighted by Crippen LogP contribution is 2.31. The molecule has 1 aliphatic heterocycles. The van der Waals surface area contributed by atoms with E-state index in [2.05, 4.69) is 16.0 Å². The summed E-state index contributed by atoms with van der Waals surface area (Å²) in [6.07, 6.45) is 7.19. The number of nitrogens with zero attached hydrogens (tertiary/aromatic N) is 2. The zero-order chi connectivity index (χ0) is 16.1. The highest BCUT2D eigenvalue weighted by Gasteiger charge is 2.34. The summed E-state index contributed by atoms with van der Waals surface area (Å²) in [5.41, 5.74) is 0.952. The maximum Gasteiger partial charge on any atom is 0.123 e. The molecule has 3 rings (SSSR count). The van der Waals surface area contributed by atoms with Gasteiger partial charge in [0.2, 0.25) is 0 Å². The van der Waals surface area contributed by atoms with E-state index in [4.69, 9.17) is 0 Å². The number of pyridine rings is 1. The summed E-state index contributed by atoms with van der Waals surface area (Å²) < 4.78 is 12.9. The summed E-state index contributed by atoms with van der Waals surface area (Å²) in [7, 11) is 0. The van der Waals surface area contributed by atoms with E-state index in [-0.39, 0.29) is 5.82 Å². The minimum atomic E-state index is -0.807. The molecular formula is C19H21FN2O. The minimum absolute atomic E-state index is 0.216. The number of aliphatic hydroxyl groups is 1. The fraction of sp³-hybridized carbons (Fsp3) is 0.316. The lowest BCUT2D eigenvalue weighted by Gasteiger charge is -2.37. The van der Waals surface area contributed by atoms with Gasteiger partial charge in [-0.2, -0.15) is 0 Å². The second-order valence-electron chi connectivity index (χ2n) is 6.00. The maximum atomic E-state index is 12.9. The van der Waals surface area contributed by atoms with Crippen LogP contribution in [-0.2, 0) is 5.60 Å². The smallest absolute Gasteiger partial charge is 0.123 e. The van der Waals surface area contributed by atoms with Crippen LogP contribution in [0.2, 0.25) is 0 Å². The molecule has 1 aromatic heterocycles. The molecule has 1 aromatic carbocycles. The predicted octanol–water partition coefficient (Wildman–Crippen LogP) is 3.22. The van der Waals surface area contributed by atoms with E-state index in [1.807, 2.05) is 24.3 Å². The molecule has 1 N–H and O–H groups in total. The molecule has 2 aromatic rings. The first kappa shape index (κ1) is 15.8. The summed E-state index contributed by atoms with van der Waals surface area (Å²) in [6, 6.07) is 12.1. The average molecular weight is 312 g/mol. The Bertz CT molecular complexity index is 647. The number of aromatic nitrogens is 1. The van der Waals surface area contributed by atoms with Crippen LogP contribution >= 0.6 is 0 Å². The van der Waals surface area contributed by atoms with E-state index in [9.17, 15) is 9.50 Å². The monoisotopic (exact) mass is 312 g/mol. The lowest BCUT2D eigenvalue weighted by Crippen LogP contribution is -2.43. The van der Waals surface area contributed by atoms with Crippen molar-refractivity contribution < 1.29 is 9.50 Å². The van der Waals surface area contributed by atoms with Gasteiger partial charge in [0.1, 0.15) is 11.4 Å². The second kappa shape index (κ2) is 7.02. The third-order valence-corrected chi connectivity index (χ3v) is 4.37. The molecule has 0 aliphatic carbocycles. The lowest BCUT2D eigenvalue weighted by molar-refractivity contribution is -0.0268. The van der Waals surface area contributed by atoms with Gasteiger partial charge < -0.3 is 5.11 Å². The topological polar surface area (TPSA) is 36.4 Å². The van der Waals surface area contributed by atoms with Crippen molar-refractivity contribution in [2.24, 2.45) is 0 Å². The predicted molar refractivity (Wildman–Crippen MR) is 89.2 cm³/mol. The number of hydrogen-bond acceptors (Lipinski definition) is 3. The van der Waals surface area contributed by atoms with Crippen LogP contribution in [0.4, 0.5) is 4.39 Å². The Morgan fingerprint density at radius 2 is 1.87 bits per heavy atom. The van der Waals surface area contributed by atoms with Crippen molar-refractivity contribution >= 4 is 6.08 Å². The Kier molecular flexibility index (Phi) is 4.84. The largest absolute Gasteiger partial charge is 0.383 e. The zero-order valence-electron chi connectivity index (χ0n) is 13.0. The van der Waals surface area contributed by atoms with Crippen molar-refractivity contribution in [1.29, 1.82) is 0 Å². The number of benzene rings is 1. The van der Waals surface area contributed by atoms with Crippen molar-refractivity contribution in [3.05, 3.63) is 71.8 Å². The van der Waals surface area contributed by atoms with Gasteiger partial charge in [0.25, 0.3) is 0 Å². The molecule has 23 heavy (non-hydrogen) atoms. The van der Waals surface area contributed by atoms with Crippen molar-refractivity contribution in [2.45, 2.75) is 18.4 Å². The van der Waals surface area contributed by atoms with Gasteiger partial charge in [-0.05, 0) is 42.7 Å². The van der Waals surface area contributed by atoms with Crippen LogP contribution in [0.15, 0.2) is 54.7 Å². The minimum Gasteiger partial charge on any atom is -0.383 e. The third kappa shape index (κ3) is 4.03. The summed E-state index contributed by atoms with van der Waals surface area (Å²) in [5.74, 6) is -0.216. The molecular weight excluding hydrogens is 291 g/mol. The molecule has 0 atom stereocenters. The van der Waals surface area contributed by atoms with Crippen LogP contribution in [0.3, 0.4) is 0 Å². The molecule has 0 amide bonds. The Balaban J connectivity index is 1.52. The van der Waals surface area contributed by atoms with Crippen LogP contribution in [0.5, 0.6) is 0 Å². The summed E-state index contributed by atoms with van der Waals surface area (Å²) in [6.45, 7) is 2.50. The van der Waals surface area contributed by atoms with E-state index in [0.29, 0.717) is 12.8 Å². The Hall–Kier alpha value is -2.04. The normalized spacial score (nSPS) is 18.3. The second-order valence-corrected chi connectivity index (χ2v) is 6.00. The Morgan fingerprint density at radius 3 is 2.52 bits per heavy atom. The molecule has 0 saturated carbocycles. The summed E-state index contributed by atoms with van der Waals surface area (Å²) >= 11 is 0. The average Bonchev–Trinajstić information content (AvgIpc) is 2.59. The van der Waals surface area contributed by atoms with Gasteiger partial charge in [0.15, 0.2) is 0 Å². The first-order chi connectivity index (χ1) is 11.2. The molecule has 0 unspecified atom stereocenters. The Labute approximate surface area is 136 Å². The number of piperidine rings is 1. The number of hydrogen-bond donors (Lipinski definition) is 1. The summed E-state index contributed by atoms with van der Waals surface area (Å²) in [5, 5.41) is 10.7. The molecule has 4 heteroatoms. The van der Waals surface area contributed by atoms with E-state index in [1.54, 1.807) is 18.3 Å². The molecule has 0 spiro atoms. The molecule has 1 fully saturated rings. The standard InChI is InChI=1S/C19H21FN2O/c20-17-8-6-16(7-9-17)4-3-13-22-14-10-19(23,11-15-22)18-5-1-2-12-21-18/h1-9,12,23H,10-11,13-15H2. The highest BCUT2D eigenvalue weighted by atomic mass is 19.1. The number of halogens is 1. The van der Waals surface area contributed by atoms with Crippen molar-refractivity contribution in [3.8, 4) is 0 Å². The van der Waals surface area contributed by atoms with Crippen LogP contribution in [0, 0.1) is 5.82 Å². The number of likely N-dealkylation sites (tertiary alicyclic amines) is 1. The van der Waals surface area contributed by atoms with Gasteiger partial charge in [0.05, 0.1) is 5.69 Å². The fourth-order valence-electron chi connectivity index (χ4n) is 2.91. The first-order valence-corrected chi connectivity index (χ1v) is 7.94. The van der Waals surface area contributed by atoms with Gasteiger partial charge in [-0.15, -0.1) is 0 Å². The van der Waals surface area contributed by atoms with Crippen LogP contribution < -0.4 is 0 Å². The van der Waals surface area contributed by atoms with Crippen molar-refractivity contribution in [2.75, 3.05) is 19.6 Å². The SMILES string of the molecule is OC1(c2ccccn2)CCN(CC=Cc2ccc(F)cc2)CC1. The summed E-state index contributed by atoms with van der Waals surface area (Å²) in [4.78, 5) is 6.60. The van der Waals surface area contributed by atoms with Crippen LogP contribution in [-0.4, -0.2) is 34.6 Å². The molecule has 0 radical (unpaired) electrons. The molecule has 1 aliphatic rings. The highest BCUT2D eigenvalue weighted by molar-refractivity contribution is 5.48. The zero-order valence-corrected chi connectivity index (χ0v) is 13.0. The number of rotatable bonds is 4. The fourth-order valence-corrected chi connectivity index (χ4v) is 2.91. The molecule has 120 valence electrons. The molecule has 2 heterocycles. The van der Waals surface area contributed by atoms with E-state index >= 15 is 0 Å². The van der Waals surface area contributed by atoms with Crippen molar-refractivity contribution in [1.82, 2.24) is 9.88 Å². The quantitative estimate of drug-likeness (QED) is 0.942. The van der Waals surface area contributed by atoms with Crippen LogP contribution in [0.1, 0.15) is 24.1 Å². The van der Waals surface area contributed by atoms with E-state index in [0.717, 1.165) is 30.9 Å². The van der Waals surface area contributed by atoms with Gasteiger partial charge in [-0.3, -0.25) is 9.88 Å². The van der Waals surface area contributed by atoms with Gasteiger partial charge in [0, 0.05) is 25.8 Å².